The highest BCUT2D eigenvalue weighted by Gasteiger charge is 2.32. The lowest BCUT2D eigenvalue weighted by molar-refractivity contribution is -0.145. The number of benzene rings is 1. The summed E-state index contributed by atoms with van der Waals surface area (Å²) in [7, 11) is 0. The van der Waals surface area contributed by atoms with Crippen LogP contribution in [0.3, 0.4) is 0 Å². The van der Waals surface area contributed by atoms with E-state index < -0.39 is 5.92 Å². The van der Waals surface area contributed by atoms with Crippen molar-refractivity contribution in [2.24, 2.45) is 11.8 Å². The Bertz CT molecular complexity index is 882. The summed E-state index contributed by atoms with van der Waals surface area (Å²) in [5.41, 5.74) is 2.19. The fraction of sp³-hybridized carbons (Fsp3) is 0.536. The number of ether oxygens (including phenoxy) is 1. The average molecular weight is 485 g/mol. The molecule has 3 atom stereocenters. The van der Waals surface area contributed by atoms with Crippen molar-refractivity contribution < 1.29 is 24.2 Å². The van der Waals surface area contributed by atoms with Gasteiger partial charge in [0, 0.05) is 19.4 Å². The first-order valence-corrected chi connectivity index (χ1v) is 12.5. The van der Waals surface area contributed by atoms with Gasteiger partial charge < -0.3 is 20.1 Å². The normalized spacial score (nSPS) is 16.7. The topological polar surface area (TPSA) is 95.9 Å². The Morgan fingerprint density at radius 2 is 1.91 bits per heavy atom. The average Bonchev–Trinajstić information content (AvgIpc) is 2.85. The van der Waals surface area contributed by atoms with E-state index >= 15 is 0 Å². The van der Waals surface area contributed by atoms with Crippen molar-refractivity contribution >= 4 is 17.8 Å². The molecule has 3 unspecified atom stereocenters. The lowest BCUT2D eigenvalue weighted by Crippen LogP contribution is -2.49. The van der Waals surface area contributed by atoms with Crippen LogP contribution in [0.25, 0.3) is 0 Å². The van der Waals surface area contributed by atoms with E-state index in [0.717, 1.165) is 17.5 Å². The molecule has 192 valence electrons. The molecule has 2 N–H and O–H groups in total. The number of unbranched alkanes of at least 4 members (excludes halogenated alkanes) is 1. The molecular formula is C28H40N2O5. The number of nitrogens with zero attached hydrogens (tertiary/aromatic N) is 1. The second kappa shape index (κ2) is 14.5. The van der Waals surface area contributed by atoms with Gasteiger partial charge in [-0.1, -0.05) is 50.3 Å². The van der Waals surface area contributed by atoms with Crippen molar-refractivity contribution in [2.45, 2.75) is 71.0 Å². The quantitative estimate of drug-likeness (QED) is 0.239. The van der Waals surface area contributed by atoms with Gasteiger partial charge in [-0.05, 0) is 42.7 Å². The Labute approximate surface area is 209 Å². The Kier molecular flexibility index (Phi) is 11.7. The van der Waals surface area contributed by atoms with Crippen LogP contribution >= 0.6 is 0 Å². The number of esters is 1. The zero-order valence-electron chi connectivity index (χ0n) is 21.1. The van der Waals surface area contributed by atoms with E-state index in [0.29, 0.717) is 32.2 Å². The number of aliphatic hydroxyl groups excluding tert-OH is 1. The summed E-state index contributed by atoms with van der Waals surface area (Å²) in [6.07, 6.45) is 6.08. The largest absolute Gasteiger partial charge is 0.463 e. The number of rotatable bonds is 14. The van der Waals surface area contributed by atoms with E-state index in [4.69, 9.17) is 4.74 Å². The van der Waals surface area contributed by atoms with Gasteiger partial charge in [0.25, 0.3) is 0 Å². The Morgan fingerprint density at radius 3 is 2.54 bits per heavy atom. The number of nitrogens with one attached hydrogen (secondary N) is 1. The van der Waals surface area contributed by atoms with Gasteiger partial charge in [0.1, 0.15) is 6.61 Å². The Morgan fingerprint density at radius 1 is 1.20 bits per heavy atom. The van der Waals surface area contributed by atoms with E-state index in [-0.39, 0.29) is 55.4 Å². The van der Waals surface area contributed by atoms with Crippen LogP contribution in [0, 0.1) is 11.8 Å². The van der Waals surface area contributed by atoms with Crippen LogP contribution in [0.5, 0.6) is 0 Å². The minimum atomic E-state index is -0.596. The molecule has 1 aromatic carbocycles. The molecule has 1 aliphatic heterocycles. The third-order valence-electron chi connectivity index (χ3n) is 6.47. The van der Waals surface area contributed by atoms with Crippen LogP contribution in [-0.2, 0) is 32.1 Å². The molecule has 7 nitrogen and oxygen atoms in total. The van der Waals surface area contributed by atoms with Crippen LogP contribution in [0.1, 0.15) is 57.1 Å². The Balaban J connectivity index is 2.01. The number of hydrogen-bond donors (Lipinski definition) is 2. The minimum absolute atomic E-state index is 0.0165. The molecular weight excluding hydrogens is 444 g/mol. The number of hydrogen-bond acceptors (Lipinski definition) is 5. The van der Waals surface area contributed by atoms with Crippen LogP contribution in [0.15, 0.2) is 49.6 Å². The predicted octanol–water partition coefficient (Wildman–Crippen LogP) is 3.55. The highest BCUT2D eigenvalue weighted by atomic mass is 16.5. The number of allylic oxidation sites excluding steroid dienone is 2. The van der Waals surface area contributed by atoms with Gasteiger partial charge in [-0.15, -0.1) is 13.2 Å². The molecule has 1 aliphatic rings. The van der Waals surface area contributed by atoms with E-state index in [1.165, 1.54) is 0 Å². The van der Waals surface area contributed by atoms with Gasteiger partial charge in [-0.25, -0.2) is 0 Å². The number of amides is 2. The maximum Gasteiger partial charge on any atom is 0.305 e. The van der Waals surface area contributed by atoms with Gasteiger partial charge in [-0.2, -0.15) is 0 Å². The summed E-state index contributed by atoms with van der Waals surface area (Å²) in [5.74, 6) is -1.30. The highest BCUT2D eigenvalue weighted by molar-refractivity contribution is 5.86. The lowest BCUT2D eigenvalue weighted by atomic mass is 9.92. The molecule has 0 aliphatic carbocycles. The predicted molar refractivity (Wildman–Crippen MR) is 136 cm³/mol. The maximum atomic E-state index is 13.3. The van der Waals surface area contributed by atoms with Gasteiger partial charge in [0.2, 0.25) is 11.8 Å². The maximum absolute atomic E-state index is 13.3. The van der Waals surface area contributed by atoms with Crippen LogP contribution in [-0.4, -0.2) is 53.1 Å². The van der Waals surface area contributed by atoms with Crippen LogP contribution in [0.2, 0.25) is 0 Å². The second-order valence-electron chi connectivity index (χ2n) is 9.48. The van der Waals surface area contributed by atoms with Crippen molar-refractivity contribution in [3.05, 3.63) is 60.7 Å². The summed E-state index contributed by atoms with van der Waals surface area (Å²) in [4.78, 5) is 40.1. The number of carbonyl (C=O) groups excluding carboxylic acids is 3. The van der Waals surface area contributed by atoms with Crippen LogP contribution in [0.4, 0.5) is 0 Å². The molecule has 0 spiro atoms. The molecule has 0 fully saturated rings. The molecule has 7 heteroatoms. The Hall–Kier alpha value is -2.93. The molecule has 35 heavy (non-hydrogen) atoms. The van der Waals surface area contributed by atoms with Crippen LogP contribution < -0.4 is 5.32 Å². The first-order chi connectivity index (χ1) is 16.8. The van der Waals surface area contributed by atoms with E-state index in [9.17, 15) is 19.5 Å². The fourth-order valence-electron chi connectivity index (χ4n) is 4.20. The third kappa shape index (κ3) is 8.66. The van der Waals surface area contributed by atoms with Crippen molar-refractivity contribution in [3.8, 4) is 0 Å². The highest BCUT2D eigenvalue weighted by Crippen LogP contribution is 2.25. The molecule has 0 radical (unpaired) electrons. The summed E-state index contributed by atoms with van der Waals surface area (Å²) < 4.78 is 5.38. The fourth-order valence-corrected chi connectivity index (χ4v) is 4.20. The SMILES string of the molecule is C=CCCCC(=O)OCC(NC(=O)C(CC=C)CC(=O)N1Cc2ccccc2CC1CO)C(C)C. The smallest absolute Gasteiger partial charge is 0.305 e. The van der Waals surface area contributed by atoms with Crippen molar-refractivity contribution in [3.63, 3.8) is 0 Å². The van der Waals surface area contributed by atoms with Crippen molar-refractivity contribution in [2.75, 3.05) is 13.2 Å². The summed E-state index contributed by atoms with van der Waals surface area (Å²) in [6, 6.07) is 7.23. The molecule has 0 bridgehead atoms. The molecule has 0 saturated heterocycles. The van der Waals surface area contributed by atoms with E-state index in [1.807, 2.05) is 38.1 Å². The molecule has 0 aromatic heterocycles. The summed E-state index contributed by atoms with van der Waals surface area (Å²) in [5, 5.41) is 12.9. The zero-order chi connectivity index (χ0) is 25.8. The molecule has 1 heterocycles. The molecule has 0 saturated carbocycles. The number of fused-ring (bicyclic) bond motifs is 1. The number of carbonyl (C=O) groups is 3. The lowest BCUT2D eigenvalue weighted by Gasteiger charge is -2.36. The third-order valence-corrected chi connectivity index (χ3v) is 6.47. The second-order valence-corrected chi connectivity index (χ2v) is 9.48. The monoisotopic (exact) mass is 484 g/mol. The van der Waals surface area contributed by atoms with E-state index in [1.54, 1.807) is 17.1 Å². The molecule has 1 aromatic rings. The van der Waals surface area contributed by atoms with Gasteiger partial charge in [-0.3, -0.25) is 14.4 Å². The first kappa shape index (κ1) is 28.3. The van der Waals surface area contributed by atoms with Crippen molar-refractivity contribution in [1.82, 2.24) is 10.2 Å². The minimum Gasteiger partial charge on any atom is -0.463 e. The first-order valence-electron chi connectivity index (χ1n) is 12.5. The molecule has 2 rings (SSSR count). The zero-order valence-corrected chi connectivity index (χ0v) is 21.1. The summed E-state index contributed by atoms with van der Waals surface area (Å²) in [6.45, 7) is 11.7. The molecule has 2 amide bonds. The summed E-state index contributed by atoms with van der Waals surface area (Å²) >= 11 is 0. The van der Waals surface area contributed by atoms with Gasteiger partial charge in [0.05, 0.1) is 24.6 Å². The van der Waals surface area contributed by atoms with Gasteiger partial charge in [0.15, 0.2) is 0 Å². The van der Waals surface area contributed by atoms with Crippen molar-refractivity contribution in [1.29, 1.82) is 0 Å². The number of aliphatic hydroxyl groups is 1. The standard InChI is InChI=1S/C28H40N2O5/c1-5-7-8-14-27(33)35-19-25(20(3)4)29-28(34)22(11-6-2)16-26(32)30-17-23-13-10-9-12-21(23)15-24(30)18-31/h5-6,9-10,12-13,20,22,24-25,31H,1-2,7-8,11,14-19H2,3-4H3,(H,29,34). The van der Waals surface area contributed by atoms with Gasteiger partial charge >= 0.3 is 5.97 Å². The van der Waals surface area contributed by atoms with E-state index in [2.05, 4.69) is 18.5 Å².